The second kappa shape index (κ2) is 5.31. The molecule has 1 rings (SSSR count). The van der Waals surface area contributed by atoms with E-state index >= 15 is 0 Å². The van der Waals surface area contributed by atoms with Crippen LogP contribution in [0.25, 0.3) is 0 Å². The molecule has 0 bridgehead atoms. The van der Waals surface area contributed by atoms with Crippen molar-refractivity contribution in [2.24, 2.45) is 0 Å². The Balaban J connectivity index is 2.63. The molecule has 0 aliphatic heterocycles. The van der Waals surface area contributed by atoms with Gasteiger partial charge in [-0.25, -0.2) is 4.98 Å². The average Bonchev–Trinajstić information content (AvgIpc) is 2.26. The third kappa shape index (κ3) is 3.21. The first-order chi connectivity index (χ1) is 7.15. The van der Waals surface area contributed by atoms with Gasteiger partial charge in [0.2, 0.25) is 0 Å². The van der Waals surface area contributed by atoms with Gasteiger partial charge in [-0.15, -0.1) is 0 Å². The van der Waals surface area contributed by atoms with Gasteiger partial charge in [-0.2, -0.15) is 0 Å². The van der Waals surface area contributed by atoms with Gasteiger partial charge in [0.05, 0.1) is 12.2 Å². The Morgan fingerprint density at radius 2 is 2.33 bits per heavy atom. The third-order valence-electron chi connectivity index (χ3n) is 2.01. The summed E-state index contributed by atoms with van der Waals surface area (Å²) in [6.45, 7) is 1.07. The maximum Gasteiger partial charge on any atom is 0.255 e. The number of amides is 1. The van der Waals surface area contributed by atoms with Gasteiger partial charge < -0.3 is 15.4 Å². The van der Waals surface area contributed by atoms with Crippen LogP contribution in [0.3, 0.4) is 0 Å². The molecule has 1 amide bonds. The van der Waals surface area contributed by atoms with Crippen LogP contribution in [0.15, 0.2) is 18.3 Å². The Bertz CT molecular complexity index is 324. The summed E-state index contributed by atoms with van der Waals surface area (Å²) in [5.74, 6) is 0.325. The summed E-state index contributed by atoms with van der Waals surface area (Å²) in [6, 6.07) is 3.27. The summed E-state index contributed by atoms with van der Waals surface area (Å²) in [6.07, 6.45) is 1.47. The van der Waals surface area contributed by atoms with Gasteiger partial charge in [-0.1, -0.05) is 0 Å². The first kappa shape index (κ1) is 11.5. The highest BCUT2D eigenvalue weighted by Crippen LogP contribution is 2.04. The molecule has 0 radical (unpaired) electrons. The fourth-order valence-corrected chi connectivity index (χ4v) is 1.08. The normalized spacial score (nSPS) is 10.0. The number of carbonyl (C=O) groups excluding carboxylic acids is 1. The highest BCUT2D eigenvalue weighted by atomic mass is 16.5. The fourth-order valence-electron chi connectivity index (χ4n) is 1.08. The van der Waals surface area contributed by atoms with E-state index in [2.05, 4.69) is 4.98 Å². The number of likely N-dealkylation sites (N-methyl/N-ethyl adjacent to an activating group) is 1. The van der Waals surface area contributed by atoms with E-state index in [-0.39, 0.29) is 5.91 Å². The van der Waals surface area contributed by atoms with Crippen LogP contribution in [0.1, 0.15) is 10.4 Å². The summed E-state index contributed by atoms with van der Waals surface area (Å²) < 4.78 is 4.89. The molecule has 82 valence electrons. The first-order valence-electron chi connectivity index (χ1n) is 4.61. The van der Waals surface area contributed by atoms with Gasteiger partial charge in [0.15, 0.2) is 0 Å². The molecule has 0 spiro atoms. The molecule has 0 aromatic carbocycles. The third-order valence-corrected chi connectivity index (χ3v) is 2.01. The molecular weight excluding hydrogens is 194 g/mol. The molecule has 1 aromatic rings. The van der Waals surface area contributed by atoms with Crippen LogP contribution in [0.4, 0.5) is 5.82 Å². The zero-order valence-corrected chi connectivity index (χ0v) is 8.93. The molecular formula is C10H15N3O2. The van der Waals surface area contributed by atoms with Crippen LogP contribution in [0.5, 0.6) is 0 Å². The molecule has 2 N–H and O–H groups in total. The molecule has 0 aliphatic rings. The van der Waals surface area contributed by atoms with E-state index in [1.165, 1.54) is 6.20 Å². The molecule has 1 heterocycles. The van der Waals surface area contributed by atoms with Gasteiger partial charge in [-0.3, -0.25) is 4.79 Å². The Morgan fingerprint density at radius 3 is 2.87 bits per heavy atom. The lowest BCUT2D eigenvalue weighted by Gasteiger charge is -2.16. The topological polar surface area (TPSA) is 68.5 Å². The Morgan fingerprint density at radius 1 is 1.60 bits per heavy atom. The van der Waals surface area contributed by atoms with Gasteiger partial charge in [0, 0.05) is 26.9 Å². The standard InChI is InChI=1S/C10H15N3O2/c1-13(5-6-15-2)10(14)8-3-4-9(11)12-7-8/h3-4,7H,5-6H2,1-2H3,(H2,11,12). The number of nitrogens with zero attached hydrogens (tertiary/aromatic N) is 2. The number of hydrogen-bond acceptors (Lipinski definition) is 4. The van der Waals surface area contributed by atoms with Crippen molar-refractivity contribution in [1.29, 1.82) is 0 Å². The molecule has 0 saturated heterocycles. The number of hydrogen-bond donors (Lipinski definition) is 1. The number of nitrogen functional groups attached to an aromatic ring is 1. The first-order valence-corrected chi connectivity index (χ1v) is 4.61. The SMILES string of the molecule is COCCN(C)C(=O)c1ccc(N)nc1. The minimum Gasteiger partial charge on any atom is -0.384 e. The summed E-state index contributed by atoms with van der Waals surface area (Å²) in [4.78, 5) is 17.2. The molecule has 5 heteroatoms. The number of ether oxygens (including phenoxy) is 1. The van der Waals surface area contributed by atoms with E-state index < -0.39 is 0 Å². The molecule has 0 saturated carbocycles. The van der Waals surface area contributed by atoms with Gasteiger partial charge in [0.25, 0.3) is 5.91 Å². The van der Waals surface area contributed by atoms with Crippen LogP contribution in [0.2, 0.25) is 0 Å². The second-order valence-corrected chi connectivity index (χ2v) is 3.19. The highest BCUT2D eigenvalue weighted by molar-refractivity contribution is 5.93. The number of aromatic nitrogens is 1. The van der Waals surface area contributed by atoms with Crippen molar-refractivity contribution >= 4 is 11.7 Å². The molecule has 15 heavy (non-hydrogen) atoms. The van der Waals surface area contributed by atoms with Crippen LogP contribution >= 0.6 is 0 Å². The van der Waals surface area contributed by atoms with Crippen molar-refractivity contribution < 1.29 is 9.53 Å². The quantitative estimate of drug-likeness (QED) is 0.778. The van der Waals surface area contributed by atoms with Crippen molar-refractivity contribution in [3.63, 3.8) is 0 Å². The average molecular weight is 209 g/mol. The van der Waals surface area contributed by atoms with Crippen molar-refractivity contribution in [3.8, 4) is 0 Å². The maximum absolute atomic E-state index is 11.8. The molecule has 0 aliphatic carbocycles. The predicted octanol–water partition coefficient (Wildman–Crippen LogP) is 0.382. The maximum atomic E-state index is 11.8. The van der Waals surface area contributed by atoms with Crippen molar-refractivity contribution in [1.82, 2.24) is 9.88 Å². The van der Waals surface area contributed by atoms with Crippen LogP contribution < -0.4 is 5.73 Å². The lowest BCUT2D eigenvalue weighted by Crippen LogP contribution is -2.30. The lowest BCUT2D eigenvalue weighted by atomic mass is 10.2. The number of carbonyl (C=O) groups is 1. The number of rotatable bonds is 4. The van der Waals surface area contributed by atoms with Crippen molar-refractivity contribution in [3.05, 3.63) is 23.9 Å². The largest absolute Gasteiger partial charge is 0.384 e. The predicted molar refractivity (Wildman–Crippen MR) is 57.5 cm³/mol. The van der Waals surface area contributed by atoms with Crippen LogP contribution in [0, 0.1) is 0 Å². The van der Waals surface area contributed by atoms with E-state index in [0.717, 1.165) is 0 Å². The number of nitrogens with two attached hydrogens (primary N) is 1. The number of anilines is 1. The second-order valence-electron chi connectivity index (χ2n) is 3.19. The molecule has 0 fully saturated rings. The van der Waals surface area contributed by atoms with Gasteiger partial charge >= 0.3 is 0 Å². The highest BCUT2D eigenvalue weighted by Gasteiger charge is 2.10. The summed E-state index contributed by atoms with van der Waals surface area (Å²) in [7, 11) is 3.32. The minimum absolute atomic E-state index is 0.0837. The molecule has 5 nitrogen and oxygen atoms in total. The molecule has 0 unspecified atom stereocenters. The van der Waals surface area contributed by atoms with Crippen LogP contribution in [-0.2, 0) is 4.74 Å². The Hall–Kier alpha value is -1.62. The van der Waals surface area contributed by atoms with E-state index in [0.29, 0.717) is 24.5 Å². The zero-order chi connectivity index (χ0) is 11.3. The van der Waals surface area contributed by atoms with Crippen molar-refractivity contribution in [2.45, 2.75) is 0 Å². The zero-order valence-electron chi connectivity index (χ0n) is 8.93. The van der Waals surface area contributed by atoms with Gasteiger partial charge in [-0.05, 0) is 12.1 Å². The number of pyridine rings is 1. The van der Waals surface area contributed by atoms with E-state index in [4.69, 9.17) is 10.5 Å². The van der Waals surface area contributed by atoms with E-state index in [1.54, 1.807) is 31.2 Å². The number of methoxy groups -OCH3 is 1. The smallest absolute Gasteiger partial charge is 0.255 e. The summed E-state index contributed by atoms with van der Waals surface area (Å²) in [5.41, 5.74) is 5.96. The monoisotopic (exact) mass is 209 g/mol. The van der Waals surface area contributed by atoms with Crippen LogP contribution in [-0.4, -0.2) is 43.1 Å². The summed E-state index contributed by atoms with van der Waals surface area (Å²) >= 11 is 0. The van der Waals surface area contributed by atoms with Gasteiger partial charge in [0.1, 0.15) is 5.82 Å². The minimum atomic E-state index is -0.0837. The molecule has 1 aromatic heterocycles. The Kier molecular flexibility index (Phi) is 4.05. The molecule has 0 atom stereocenters. The van der Waals surface area contributed by atoms with E-state index in [9.17, 15) is 4.79 Å². The lowest BCUT2D eigenvalue weighted by molar-refractivity contribution is 0.0744. The van der Waals surface area contributed by atoms with E-state index in [1.807, 2.05) is 0 Å². The summed E-state index contributed by atoms with van der Waals surface area (Å²) in [5, 5.41) is 0. The Labute approximate surface area is 88.9 Å². The van der Waals surface area contributed by atoms with Crippen molar-refractivity contribution in [2.75, 3.05) is 33.0 Å². The fraction of sp³-hybridized carbons (Fsp3) is 0.400.